The highest BCUT2D eigenvalue weighted by Crippen LogP contribution is 2.25. The van der Waals surface area contributed by atoms with E-state index in [1.54, 1.807) is 12.4 Å². The molecule has 9 nitrogen and oxygen atoms in total. The van der Waals surface area contributed by atoms with Crippen LogP contribution in [-0.4, -0.2) is 29.9 Å². The molecule has 0 bridgehead atoms. The Hall–Kier alpha value is -2.46. The number of hydrogen-bond donors (Lipinski definition) is 3. The van der Waals surface area contributed by atoms with Gasteiger partial charge in [-0.25, -0.2) is 18.1 Å². The van der Waals surface area contributed by atoms with Gasteiger partial charge in [-0.2, -0.15) is 0 Å². The number of nitrogens with zero attached hydrogens (tertiary/aromatic N) is 2. The zero-order valence-corrected chi connectivity index (χ0v) is 11.6. The first kappa shape index (κ1) is 14.9. The zero-order valence-electron chi connectivity index (χ0n) is 10.8. The molecule has 10 heteroatoms. The van der Waals surface area contributed by atoms with Gasteiger partial charge in [-0.3, -0.25) is 10.1 Å². The average molecular weight is 311 g/mol. The van der Waals surface area contributed by atoms with Gasteiger partial charge in [0.05, 0.1) is 4.92 Å². The number of aromatic nitrogens is 2. The number of nitrogens with one attached hydrogen (secondary N) is 2. The topological polar surface area (TPSA) is 144 Å². The molecule has 1 aromatic heterocycles. The van der Waals surface area contributed by atoms with E-state index in [1.165, 1.54) is 6.07 Å². The van der Waals surface area contributed by atoms with E-state index in [-0.39, 0.29) is 12.2 Å². The van der Waals surface area contributed by atoms with E-state index in [9.17, 15) is 18.5 Å². The van der Waals surface area contributed by atoms with Crippen molar-refractivity contribution in [2.45, 2.75) is 11.3 Å². The van der Waals surface area contributed by atoms with Crippen LogP contribution in [0.4, 0.5) is 11.4 Å². The van der Waals surface area contributed by atoms with Crippen molar-refractivity contribution in [2.24, 2.45) is 0 Å². The molecule has 0 unspecified atom stereocenters. The van der Waals surface area contributed by atoms with Crippen molar-refractivity contribution in [3.05, 3.63) is 46.5 Å². The summed E-state index contributed by atoms with van der Waals surface area (Å²) in [4.78, 5) is 16.5. The molecule has 2 aromatic rings. The number of sulfonamides is 1. The lowest BCUT2D eigenvalue weighted by atomic mass is 10.3. The third kappa shape index (κ3) is 3.55. The summed E-state index contributed by atoms with van der Waals surface area (Å²) in [7, 11) is -4.03. The Balaban J connectivity index is 2.19. The molecular weight excluding hydrogens is 298 g/mol. The molecule has 21 heavy (non-hydrogen) atoms. The van der Waals surface area contributed by atoms with Gasteiger partial charge in [-0.05, 0) is 12.1 Å². The van der Waals surface area contributed by atoms with Gasteiger partial charge >= 0.3 is 0 Å². The molecule has 0 amide bonds. The third-order valence-corrected chi connectivity index (χ3v) is 4.17. The normalized spacial score (nSPS) is 11.4. The fraction of sp³-hybridized carbons (Fsp3) is 0.182. The first-order valence-corrected chi connectivity index (χ1v) is 7.40. The van der Waals surface area contributed by atoms with E-state index < -0.39 is 25.5 Å². The Morgan fingerprint density at radius 2 is 2.19 bits per heavy atom. The summed E-state index contributed by atoms with van der Waals surface area (Å²) >= 11 is 0. The average Bonchev–Trinajstić information content (AvgIpc) is 2.91. The maximum Gasteiger partial charge on any atom is 0.289 e. The molecule has 0 saturated carbocycles. The second-order valence-electron chi connectivity index (χ2n) is 4.17. The van der Waals surface area contributed by atoms with Crippen LogP contribution in [0.3, 0.4) is 0 Å². The van der Waals surface area contributed by atoms with Crippen molar-refractivity contribution in [3.63, 3.8) is 0 Å². The highest BCUT2D eigenvalue weighted by atomic mass is 32.2. The molecule has 4 N–H and O–H groups in total. The van der Waals surface area contributed by atoms with Gasteiger partial charge in [-0.15, -0.1) is 0 Å². The predicted octanol–water partition coefficient (Wildman–Crippen LogP) is 0.421. The molecule has 0 aliphatic carbocycles. The Morgan fingerprint density at radius 3 is 2.81 bits per heavy atom. The number of hydrogen-bond acceptors (Lipinski definition) is 6. The molecule has 2 rings (SSSR count). The van der Waals surface area contributed by atoms with Gasteiger partial charge in [0, 0.05) is 37.1 Å². The lowest BCUT2D eigenvalue weighted by Crippen LogP contribution is -2.27. The van der Waals surface area contributed by atoms with E-state index in [2.05, 4.69) is 14.7 Å². The number of nitrogen functional groups attached to an aromatic ring is 1. The van der Waals surface area contributed by atoms with Gasteiger partial charge < -0.3 is 10.7 Å². The van der Waals surface area contributed by atoms with Crippen LogP contribution in [0.25, 0.3) is 0 Å². The van der Waals surface area contributed by atoms with Crippen LogP contribution >= 0.6 is 0 Å². The summed E-state index contributed by atoms with van der Waals surface area (Å²) in [5.74, 6) is 0.611. The SMILES string of the molecule is Nc1ccc([N+](=O)[O-])c(S(=O)(=O)NCCc2ncc[nH]2)c1. The van der Waals surface area contributed by atoms with Crippen molar-refractivity contribution in [2.75, 3.05) is 12.3 Å². The Labute approximate surface area is 120 Å². The second kappa shape index (κ2) is 5.89. The van der Waals surface area contributed by atoms with Crippen molar-refractivity contribution < 1.29 is 13.3 Å². The summed E-state index contributed by atoms with van der Waals surface area (Å²) < 4.78 is 26.6. The van der Waals surface area contributed by atoms with E-state index in [0.29, 0.717) is 12.2 Å². The zero-order chi connectivity index (χ0) is 15.5. The Bertz CT molecular complexity index is 742. The monoisotopic (exact) mass is 311 g/mol. The number of benzene rings is 1. The molecule has 112 valence electrons. The second-order valence-corrected chi connectivity index (χ2v) is 5.90. The molecule has 0 atom stereocenters. The minimum Gasteiger partial charge on any atom is -0.399 e. The van der Waals surface area contributed by atoms with Gasteiger partial charge in [-0.1, -0.05) is 0 Å². The molecule has 0 fully saturated rings. The lowest BCUT2D eigenvalue weighted by molar-refractivity contribution is -0.387. The molecule has 1 aromatic carbocycles. The van der Waals surface area contributed by atoms with E-state index >= 15 is 0 Å². The third-order valence-electron chi connectivity index (χ3n) is 2.68. The quantitative estimate of drug-likeness (QED) is 0.400. The highest BCUT2D eigenvalue weighted by Gasteiger charge is 2.25. The maximum absolute atomic E-state index is 12.1. The molecule has 0 radical (unpaired) electrons. The number of anilines is 1. The summed E-state index contributed by atoms with van der Waals surface area (Å²) in [5.41, 5.74) is 5.11. The fourth-order valence-electron chi connectivity index (χ4n) is 1.71. The van der Waals surface area contributed by atoms with Crippen LogP contribution in [0.5, 0.6) is 0 Å². The molecular formula is C11H13N5O4S. The molecule has 0 spiro atoms. The number of aromatic amines is 1. The van der Waals surface area contributed by atoms with Crippen LogP contribution in [0.1, 0.15) is 5.82 Å². The first-order chi connectivity index (χ1) is 9.90. The number of imidazole rings is 1. The van der Waals surface area contributed by atoms with Crippen molar-refractivity contribution >= 4 is 21.4 Å². The minimum absolute atomic E-state index is 0.0573. The molecule has 0 saturated heterocycles. The van der Waals surface area contributed by atoms with E-state index in [0.717, 1.165) is 12.1 Å². The standard InChI is InChI=1S/C11H13N5O4S/c12-8-1-2-9(16(17)18)10(7-8)21(19,20)15-4-3-11-13-5-6-14-11/h1-2,5-7,15H,3-4,12H2,(H,13,14). The Morgan fingerprint density at radius 1 is 1.43 bits per heavy atom. The molecule has 0 aliphatic heterocycles. The van der Waals surface area contributed by atoms with Crippen molar-refractivity contribution in [1.82, 2.24) is 14.7 Å². The van der Waals surface area contributed by atoms with Gasteiger partial charge in [0.15, 0.2) is 4.90 Å². The van der Waals surface area contributed by atoms with Crippen molar-refractivity contribution in [1.29, 1.82) is 0 Å². The smallest absolute Gasteiger partial charge is 0.289 e. The number of nitro groups is 1. The molecule has 1 heterocycles. The van der Waals surface area contributed by atoms with Crippen LogP contribution in [0.2, 0.25) is 0 Å². The summed E-state index contributed by atoms with van der Waals surface area (Å²) in [6.45, 7) is 0.0573. The minimum atomic E-state index is -4.03. The molecule has 0 aliphatic rings. The van der Waals surface area contributed by atoms with Gasteiger partial charge in [0.25, 0.3) is 5.69 Å². The number of rotatable bonds is 6. The number of H-pyrrole nitrogens is 1. The van der Waals surface area contributed by atoms with Crippen LogP contribution in [-0.2, 0) is 16.4 Å². The largest absolute Gasteiger partial charge is 0.399 e. The first-order valence-electron chi connectivity index (χ1n) is 5.92. The van der Waals surface area contributed by atoms with E-state index in [1.807, 2.05) is 0 Å². The van der Waals surface area contributed by atoms with E-state index in [4.69, 9.17) is 5.73 Å². The Kier molecular flexibility index (Phi) is 4.19. The van der Waals surface area contributed by atoms with Crippen molar-refractivity contribution in [3.8, 4) is 0 Å². The van der Waals surface area contributed by atoms with Crippen LogP contribution < -0.4 is 10.5 Å². The summed E-state index contributed by atoms with van der Waals surface area (Å²) in [5, 5.41) is 10.9. The van der Waals surface area contributed by atoms with Crippen LogP contribution in [0, 0.1) is 10.1 Å². The van der Waals surface area contributed by atoms with Gasteiger partial charge in [0.1, 0.15) is 5.82 Å². The fourth-order valence-corrected chi connectivity index (χ4v) is 2.95. The number of nitro benzene ring substituents is 1. The number of nitrogens with two attached hydrogens (primary N) is 1. The lowest BCUT2D eigenvalue weighted by Gasteiger charge is -2.07. The van der Waals surface area contributed by atoms with Gasteiger partial charge in [0.2, 0.25) is 10.0 Å². The maximum atomic E-state index is 12.1. The predicted molar refractivity (Wildman–Crippen MR) is 75.0 cm³/mol. The summed E-state index contributed by atoms with van der Waals surface area (Å²) in [6, 6.07) is 3.41. The van der Waals surface area contributed by atoms with Crippen LogP contribution in [0.15, 0.2) is 35.5 Å². The highest BCUT2D eigenvalue weighted by molar-refractivity contribution is 7.89. The summed E-state index contributed by atoms with van der Waals surface area (Å²) in [6.07, 6.45) is 3.50.